The lowest BCUT2D eigenvalue weighted by molar-refractivity contribution is -0.530. The Balaban J connectivity index is 1.84. The van der Waals surface area contributed by atoms with Gasteiger partial charge in [-0.05, 0) is 30.2 Å². The maximum Gasteiger partial charge on any atom is 0.259 e. The van der Waals surface area contributed by atoms with Gasteiger partial charge in [-0.15, -0.1) is 0 Å². The molecule has 2 aromatic rings. The first-order valence-electron chi connectivity index (χ1n) is 8.51. The summed E-state index contributed by atoms with van der Waals surface area (Å²) in [4.78, 5) is 24.3. The minimum atomic E-state index is -0.942. The minimum absolute atomic E-state index is 0.0774. The summed E-state index contributed by atoms with van der Waals surface area (Å²) in [5.74, 6) is -0.0774. The first-order valence-corrected chi connectivity index (χ1v) is 8.89. The van der Waals surface area contributed by atoms with E-state index in [4.69, 9.17) is 11.6 Å². The fourth-order valence-electron chi connectivity index (χ4n) is 4.02. The number of rotatable bonds is 3. The Hall–Kier alpha value is -2.44. The van der Waals surface area contributed by atoms with Gasteiger partial charge < -0.3 is 0 Å². The number of nitro groups is 1. The van der Waals surface area contributed by atoms with Gasteiger partial charge in [-0.1, -0.05) is 53.6 Å². The van der Waals surface area contributed by atoms with Crippen molar-refractivity contribution in [2.24, 2.45) is 0 Å². The van der Waals surface area contributed by atoms with Crippen LogP contribution >= 0.6 is 11.6 Å². The Morgan fingerprint density at radius 3 is 2.23 bits per heavy atom. The second-order valence-corrected chi connectivity index (χ2v) is 7.22. The Morgan fingerprint density at radius 1 is 1.04 bits per heavy atom. The first kappa shape index (κ1) is 17.0. The number of amides is 1. The zero-order valence-electron chi connectivity index (χ0n) is 14.2. The van der Waals surface area contributed by atoms with E-state index in [2.05, 4.69) is 0 Å². The fourth-order valence-corrected chi connectivity index (χ4v) is 4.15. The molecule has 2 saturated heterocycles. The number of benzene rings is 2. The molecule has 7 heteroatoms. The van der Waals surface area contributed by atoms with Crippen molar-refractivity contribution in [1.82, 2.24) is 10.0 Å². The second kappa shape index (κ2) is 6.37. The molecule has 0 spiro atoms. The average Bonchev–Trinajstić information content (AvgIpc) is 3.15. The van der Waals surface area contributed by atoms with E-state index in [-0.39, 0.29) is 10.8 Å². The fraction of sp³-hybridized carbons (Fsp3) is 0.316. The summed E-state index contributed by atoms with van der Waals surface area (Å²) in [6.07, 6.45) is 0.372. The topological polar surface area (TPSA) is 66.7 Å². The highest BCUT2D eigenvalue weighted by atomic mass is 35.5. The molecule has 2 aromatic carbocycles. The Morgan fingerprint density at radius 2 is 1.62 bits per heavy atom. The highest BCUT2D eigenvalue weighted by molar-refractivity contribution is 6.30. The molecule has 1 amide bonds. The van der Waals surface area contributed by atoms with E-state index < -0.39 is 18.1 Å². The standard InChI is InChI=1S/C19H18ClN3O3/c1-12-2-4-13(5-3-12)17-19(23(25)26)18(14-6-8-15(20)9-7-14)22-16(24)10-11-21(17)22/h2-9,17-19H,10-11H2,1H3/t17-,18+,19-/m0/s1. The number of hydrazine groups is 1. The molecule has 0 aromatic heterocycles. The number of carbonyl (C=O) groups is 1. The van der Waals surface area contributed by atoms with Crippen LogP contribution in [0.4, 0.5) is 0 Å². The van der Waals surface area contributed by atoms with Crippen LogP contribution in [0, 0.1) is 17.0 Å². The molecule has 0 unspecified atom stereocenters. The van der Waals surface area contributed by atoms with E-state index in [0.717, 1.165) is 16.7 Å². The first-order chi connectivity index (χ1) is 12.5. The number of fused-ring (bicyclic) bond motifs is 1. The van der Waals surface area contributed by atoms with E-state index in [1.807, 2.05) is 36.2 Å². The summed E-state index contributed by atoms with van der Waals surface area (Å²) >= 11 is 5.97. The van der Waals surface area contributed by atoms with Gasteiger partial charge in [-0.2, -0.15) is 0 Å². The molecule has 6 nitrogen and oxygen atoms in total. The summed E-state index contributed by atoms with van der Waals surface area (Å²) < 4.78 is 0. The van der Waals surface area contributed by atoms with Gasteiger partial charge in [0.2, 0.25) is 5.91 Å². The summed E-state index contributed by atoms with van der Waals surface area (Å²) in [6, 6.07) is 12.6. The van der Waals surface area contributed by atoms with Crippen LogP contribution in [0.3, 0.4) is 0 Å². The number of halogens is 1. The quantitative estimate of drug-likeness (QED) is 0.611. The van der Waals surface area contributed by atoms with Crippen LogP contribution in [0.15, 0.2) is 48.5 Å². The zero-order valence-corrected chi connectivity index (χ0v) is 15.0. The molecule has 0 saturated carbocycles. The van der Waals surface area contributed by atoms with Crippen LogP contribution in [0.2, 0.25) is 5.02 Å². The van der Waals surface area contributed by atoms with Crippen LogP contribution in [-0.4, -0.2) is 33.4 Å². The van der Waals surface area contributed by atoms with Crippen LogP contribution in [0.25, 0.3) is 0 Å². The van der Waals surface area contributed by atoms with Gasteiger partial charge in [0, 0.05) is 22.9 Å². The maximum absolute atomic E-state index is 12.5. The molecule has 26 heavy (non-hydrogen) atoms. The predicted molar refractivity (Wildman–Crippen MR) is 97.1 cm³/mol. The van der Waals surface area contributed by atoms with E-state index in [0.29, 0.717) is 18.0 Å². The maximum atomic E-state index is 12.5. The van der Waals surface area contributed by atoms with Crippen molar-refractivity contribution in [1.29, 1.82) is 0 Å². The Labute approximate surface area is 156 Å². The molecular weight excluding hydrogens is 354 g/mol. The summed E-state index contributed by atoms with van der Waals surface area (Å²) in [5.41, 5.74) is 2.67. The van der Waals surface area contributed by atoms with Gasteiger partial charge in [0.05, 0.1) is 0 Å². The van der Waals surface area contributed by atoms with Gasteiger partial charge in [-0.25, -0.2) is 5.01 Å². The smallest absolute Gasteiger partial charge is 0.259 e. The van der Waals surface area contributed by atoms with Gasteiger partial charge in [-0.3, -0.25) is 19.9 Å². The number of hydrogen-bond acceptors (Lipinski definition) is 4. The molecule has 0 N–H and O–H groups in total. The molecule has 0 aliphatic carbocycles. The molecule has 0 bridgehead atoms. The molecule has 2 heterocycles. The van der Waals surface area contributed by atoms with E-state index in [1.54, 1.807) is 29.3 Å². The van der Waals surface area contributed by atoms with Crippen molar-refractivity contribution < 1.29 is 9.72 Å². The van der Waals surface area contributed by atoms with Crippen molar-refractivity contribution in [3.63, 3.8) is 0 Å². The Kier molecular flexibility index (Phi) is 4.17. The zero-order chi connectivity index (χ0) is 18.4. The highest BCUT2D eigenvalue weighted by Crippen LogP contribution is 2.48. The van der Waals surface area contributed by atoms with Crippen LogP contribution in [0.1, 0.15) is 35.2 Å². The number of carbonyl (C=O) groups excluding carboxylic acids is 1. The molecule has 4 rings (SSSR count). The largest absolute Gasteiger partial charge is 0.273 e. The van der Waals surface area contributed by atoms with Gasteiger partial charge in [0.15, 0.2) is 0 Å². The van der Waals surface area contributed by atoms with Crippen LogP contribution < -0.4 is 0 Å². The second-order valence-electron chi connectivity index (χ2n) is 6.78. The van der Waals surface area contributed by atoms with Gasteiger partial charge in [0.1, 0.15) is 12.1 Å². The average molecular weight is 372 g/mol. The molecule has 0 radical (unpaired) electrons. The van der Waals surface area contributed by atoms with E-state index in [9.17, 15) is 14.9 Å². The molecule has 3 atom stereocenters. The molecular formula is C19H18ClN3O3. The Bertz CT molecular complexity index is 853. The third kappa shape index (κ3) is 2.66. The third-order valence-corrected chi connectivity index (χ3v) is 5.44. The predicted octanol–water partition coefficient (Wildman–Crippen LogP) is 3.54. The lowest BCUT2D eigenvalue weighted by Gasteiger charge is -2.26. The number of aryl methyl sites for hydroxylation is 1. The summed E-state index contributed by atoms with van der Waals surface area (Å²) in [6.45, 7) is 2.47. The van der Waals surface area contributed by atoms with Crippen molar-refractivity contribution in [2.45, 2.75) is 31.5 Å². The normalized spacial score (nSPS) is 25.5. The monoisotopic (exact) mass is 371 g/mol. The van der Waals surface area contributed by atoms with Gasteiger partial charge in [0.25, 0.3) is 6.04 Å². The SMILES string of the molecule is Cc1ccc([C@H]2[C@H]([N+](=O)[O-])[C@@H](c3ccc(Cl)cc3)N3C(=O)CCN23)cc1. The molecule has 2 aliphatic rings. The summed E-state index contributed by atoms with van der Waals surface area (Å²) in [5, 5.41) is 16.1. The van der Waals surface area contributed by atoms with Crippen molar-refractivity contribution in [3.05, 3.63) is 80.4 Å². The van der Waals surface area contributed by atoms with Crippen LogP contribution in [-0.2, 0) is 4.79 Å². The highest BCUT2D eigenvalue weighted by Gasteiger charge is 2.59. The molecule has 2 fully saturated rings. The third-order valence-electron chi connectivity index (χ3n) is 5.19. The van der Waals surface area contributed by atoms with Crippen molar-refractivity contribution >= 4 is 17.5 Å². The van der Waals surface area contributed by atoms with E-state index in [1.165, 1.54) is 0 Å². The van der Waals surface area contributed by atoms with Crippen molar-refractivity contribution in [2.75, 3.05) is 6.54 Å². The number of hydrogen-bond donors (Lipinski definition) is 0. The van der Waals surface area contributed by atoms with Gasteiger partial charge >= 0.3 is 0 Å². The van der Waals surface area contributed by atoms with Crippen LogP contribution in [0.5, 0.6) is 0 Å². The summed E-state index contributed by atoms with van der Waals surface area (Å²) in [7, 11) is 0. The number of nitrogens with zero attached hydrogens (tertiary/aromatic N) is 3. The molecule has 134 valence electrons. The lowest BCUT2D eigenvalue weighted by atomic mass is 9.91. The minimum Gasteiger partial charge on any atom is -0.273 e. The molecule has 2 aliphatic heterocycles. The van der Waals surface area contributed by atoms with E-state index >= 15 is 0 Å². The lowest BCUT2D eigenvalue weighted by Crippen LogP contribution is -2.35. The van der Waals surface area contributed by atoms with Crippen molar-refractivity contribution in [3.8, 4) is 0 Å².